The van der Waals surface area contributed by atoms with Gasteiger partial charge in [-0.25, -0.2) is 4.79 Å². The van der Waals surface area contributed by atoms with Crippen LogP contribution in [0, 0.1) is 0 Å². The lowest BCUT2D eigenvalue weighted by Crippen LogP contribution is -2.64. The third-order valence-corrected chi connectivity index (χ3v) is 6.36. The first-order valence-corrected chi connectivity index (χ1v) is 6.52. The average Bonchev–Trinajstić information content (AvgIpc) is 2.32. The zero-order chi connectivity index (χ0) is 11.5. The predicted octanol–water partition coefficient (Wildman–Crippen LogP) is -0.0877. The summed E-state index contributed by atoms with van der Waals surface area (Å²) in [6.45, 7) is 3.24. The summed E-state index contributed by atoms with van der Waals surface area (Å²) in [5, 5.41) is 8.56. The Labute approximate surface area is 97.4 Å². The Morgan fingerprint density at radius 1 is 1.60 bits per heavy atom. The van der Waals surface area contributed by atoms with Gasteiger partial charge < -0.3 is 10.0 Å². The van der Waals surface area contributed by atoms with Gasteiger partial charge >= 0.3 is 5.97 Å². The van der Waals surface area contributed by atoms with Gasteiger partial charge in [0.25, 0.3) is 0 Å². The van der Waals surface area contributed by atoms with Crippen LogP contribution >= 0.6 is 15.9 Å². The second-order valence-corrected chi connectivity index (χ2v) is 7.30. The minimum Gasteiger partial charge on any atom is -0.480 e. The molecule has 5 nitrogen and oxygen atoms in total. The molecule has 2 aliphatic heterocycles. The topological polar surface area (TPSA) is 74.7 Å². The number of carbonyl (C=O) groups excluding carboxylic acids is 1. The lowest BCUT2D eigenvalue weighted by Gasteiger charge is -2.40. The summed E-state index contributed by atoms with van der Waals surface area (Å²) in [5.41, 5.74) is 0. The smallest absolute Gasteiger partial charge is 0.327 e. The summed E-state index contributed by atoms with van der Waals surface area (Å²) in [7, 11) is -1.35. The molecule has 0 spiro atoms. The van der Waals surface area contributed by atoms with Crippen molar-refractivity contribution in [2.24, 2.45) is 0 Å². The van der Waals surface area contributed by atoms with E-state index in [1.165, 1.54) is 4.90 Å². The molecule has 1 N–H and O–H groups in total. The van der Waals surface area contributed by atoms with Gasteiger partial charge in [0, 0.05) is 0 Å². The highest BCUT2D eigenvalue weighted by molar-refractivity contribution is 9.10. The van der Waals surface area contributed by atoms with E-state index in [0.29, 0.717) is 0 Å². The van der Waals surface area contributed by atoms with Gasteiger partial charge in [-0.1, -0.05) is 15.9 Å². The van der Waals surface area contributed by atoms with Crippen molar-refractivity contribution in [2.75, 3.05) is 0 Å². The van der Waals surface area contributed by atoms with E-state index in [2.05, 4.69) is 15.9 Å². The number of hydrogen-bond acceptors (Lipinski definition) is 3. The summed E-state index contributed by atoms with van der Waals surface area (Å²) < 4.78 is 11.1. The fourth-order valence-corrected chi connectivity index (χ4v) is 5.01. The molecule has 0 aromatic heterocycles. The first-order chi connectivity index (χ1) is 6.80. The summed E-state index contributed by atoms with van der Waals surface area (Å²) in [5.74, 6) is -1.38. The van der Waals surface area contributed by atoms with Crippen LogP contribution in [0.4, 0.5) is 0 Å². The van der Waals surface area contributed by atoms with Crippen molar-refractivity contribution in [3.05, 3.63) is 0 Å². The monoisotopic (exact) mass is 295 g/mol. The molecule has 4 atom stereocenters. The van der Waals surface area contributed by atoms with Crippen molar-refractivity contribution in [1.82, 2.24) is 4.90 Å². The van der Waals surface area contributed by atoms with Crippen LogP contribution in [0.25, 0.3) is 0 Å². The van der Waals surface area contributed by atoms with Gasteiger partial charge in [0.05, 0.1) is 15.5 Å². The van der Waals surface area contributed by atoms with E-state index >= 15 is 0 Å². The first kappa shape index (κ1) is 11.1. The molecule has 84 valence electrons. The summed E-state index contributed by atoms with van der Waals surface area (Å²) in [4.78, 5) is 23.3. The van der Waals surface area contributed by atoms with Gasteiger partial charge in [-0.3, -0.25) is 9.00 Å². The van der Waals surface area contributed by atoms with Crippen molar-refractivity contribution in [3.63, 3.8) is 0 Å². The minimum atomic E-state index is -1.35. The number of hydrogen-bond donors (Lipinski definition) is 1. The molecule has 3 unspecified atom stereocenters. The van der Waals surface area contributed by atoms with Gasteiger partial charge in [0.2, 0.25) is 5.91 Å². The van der Waals surface area contributed by atoms with E-state index < -0.39 is 37.8 Å². The van der Waals surface area contributed by atoms with E-state index in [1.807, 2.05) is 0 Å². The molecule has 0 radical (unpaired) electrons. The molecule has 15 heavy (non-hydrogen) atoms. The van der Waals surface area contributed by atoms with Gasteiger partial charge in [-0.15, -0.1) is 0 Å². The zero-order valence-electron chi connectivity index (χ0n) is 8.14. The maximum Gasteiger partial charge on any atom is 0.327 e. The van der Waals surface area contributed by atoms with E-state index in [4.69, 9.17) is 5.11 Å². The normalized spacial score (nSPS) is 42.3. The van der Waals surface area contributed by atoms with Crippen LogP contribution < -0.4 is 0 Å². The maximum atomic E-state index is 12.0. The Kier molecular flexibility index (Phi) is 2.24. The number of β-lactam (4-membered cyclic amide) rings is 1. The molecule has 1 amide bonds. The summed E-state index contributed by atoms with van der Waals surface area (Å²) in [6, 6.07) is -0.982. The van der Waals surface area contributed by atoms with Gasteiger partial charge in [0.1, 0.15) is 16.2 Å². The molecular weight excluding hydrogens is 286 g/mol. The number of rotatable bonds is 1. The number of carboxylic acid groups (broad SMARTS) is 1. The fourth-order valence-electron chi connectivity index (χ4n) is 2.11. The second-order valence-electron chi connectivity index (χ2n) is 4.18. The largest absolute Gasteiger partial charge is 0.480 e. The Bertz CT molecular complexity index is 383. The van der Waals surface area contributed by atoms with Crippen molar-refractivity contribution < 1.29 is 18.9 Å². The molecule has 0 aromatic rings. The predicted molar refractivity (Wildman–Crippen MR) is 57.0 cm³/mol. The SMILES string of the molecule is CC1(C)[C@H](C(=O)O)N2C(=O)C(Br)C2S1=O. The molecule has 0 aliphatic carbocycles. The first-order valence-electron chi connectivity index (χ1n) is 4.40. The number of amides is 1. The fraction of sp³-hybridized carbons (Fsp3) is 0.750. The van der Waals surface area contributed by atoms with Crippen LogP contribution in [0.15, 0.2) is 0 Å². The maximum absolute atomic E-state index is 12.0. The number of aliphatic carboxylic acids is 1. The van der Waals surface area contributed by atoms with Gasteiger partial charge in [0.15, 0.2) is 0 Å². The molecule has 2 saturated heterocycles. The molecule has 2 aliphatic rings. The lowest BCUT2D eigenvalue weighted by atomic mass is 9.98. The van der Waals surface area contributed by atoms with E-state index in [-0.39, 0.29) is 5.91 Å². The van der Waals surface area contributed by atoms with Crippen LogP contribution in [0.1, 0.15) is 13.8 Å². The highest BCUT2D eigenvalue weighted by atomic mass is 79.9. The molecule has 0 bridgehead atoms. The van der Waals surface area contributed by atoms with Crippen molar-refractivity contribution in [2.45, 2.75) is 34.8 Å². The van der Waals surface area contributed by atoms with Crippen molar-refractivity contribution >= 4 is 38.6 Å². The molecule has 2 fully saturated rings. The number of halogens is 1. The van der Waals surface area contributed by atoms with E-state index in [9.17, 15) is 13.8 Å². The number of alkyl halides is 1. The summed E-state index contributed by atoms with van der Waals surface area (Å²) >= 11 is 3.12. The molecule has 2 heterocycles. The highest BCUT2D eigenvalue weighted by Gasteiger charge is 2.67. The van der Waals surface area contributed by atoms with Crippen LogP contribution in [-0.4, -0.2) is 47.1 Å². The number of nitrogens with zero attached hydrogens (tertiary/aromatic N) is 1. The van der Waals surface area contributed by atoms with Crippen LogP contribution in [-0.2, 0) is 20.4 Å². The number of fused-ring (bicyclic) bond motifs is 1. The molecule has 7 heteroatoms. The quantitative estimate of drug-likeness (QED) is 0.542. The minimum absolute atomic E-state index is 0.286. The number of carbonyl (C=O) groups is 2. The highest BCUT2D eigenvalue weighted by Crippen LogP contribution is 2.45. The van der Waals surface area contributed by atoms with Crippen molar-refractivity contribution in [3.8, 4) is 0 Å². The Morgan fingerprint density at radius 3 is 2.60 bits per heavy atom. The summed E-state index contributed by atoms with van der Waals surface area (Å²) in [6.07, 6.45) is 0. The third kappa shape index (κ3) is 1.16. The molecule has 0 saturated carbocycles. The van der Waals surface area contributed by atoms with Crippen LogP contribution in [0.5, 0.6) is 0 Å². The standard InChI is InChI=1S/C8H10BrNO4S/c1-8(2)4(7(12)13)10-5(11)3(9)6(10)15(8)14/h3-4,6H,1-2H3,(H,12,13)/t3?,4-,6?,15?/m0/s1. The molecule has 0 aromatic carbocycles. The van der Waals surface area contributed by atoms with E-state index in [0.717, 1.165) is 0 Å². The Balaban J connectivity index is 2.45. The second kappa shape index (κ2) is 3.04. The van der Waals surface area contributed by atoms with Crippen molar-refractivity contribution in [1.29, 1.82) is 0 Å². The zero-order valence-corrected chi connectivity index (χ0v) is 10.5. The van der Waals surface area contributed by atoms with Crippen LogP contribution in [0.3, 0.4) is 0 Å². The Hall–Kier alpha value is -0.430. The third-order valence-electron chi connectivity index (χ3n) is 2.92. The molecule has 2 rings (SSSR count). The Morgan fingerprint density at radius 2 is 2.13 bits per heavy atom. The van der Waals surface area contributed by atoms with Gasteiger partial charge in [-0.05, 0) is 13.8 Å². The lowest BCUT2D eigenvalue weighted by molar-refractivity contribution is -0.156. The molecular formula is C8H10BrNO4S. The van der Waals surface area contributed by atoms with Gasteiger partial charge in [-0.2, -0.15) is 0 Å². The average molecular weight is 296 g/mol. The van der Waals surface area contributed by atoms with Crippen LogP contribution in [0.2, 0.25) is 0 Å². The van der Waals surface area contributed by atoms with E-state index in [1.54, 1.807) is 13.8 Å². The number of carboxylic acids is 1.